The summed E-state index contributed by atoms with van der Waals surface area (Å²) in [5, 5.41) is 4.45. The number of nitrogens with two attached hydrogens (primary N) is 1. The van der Waals surface area contributed by atoms with E-state index in [-0.39, 0.29) is 0 Å². The van der Waals surface area contributed by atoms with E-state index in [9.17, 15) is 0 Å². The Bertz CT molecular complexity index is 748. The molecule has 0 aliphatic heterocycles. The Hall–Kier alpha value is -2.56. The largest absolute Gasteiger partial charge is 0.497 e. The van der Waals surface area contributed by atoms with Crippen molar-refractivity contribution >= 4 is 11.3 Å². The first-order valence-electron chi connectivity index (χ1n) is 5.94. The summed E-state index contributed by atoms with van der Waals surface area (Å²) in [4.78, 5) is 4.47. The van der Waals surface area contributed by atoms with Crippen LogP contribution < -0.4 is 10.5 Å². The molecule has 0 spiro atoms. The Kier molecular flexibility index (Phi) is 2.59. The van der Waals surface area contributed by atoms with E-state index < -0.39 is 0 Å². The molecule has 19 heavy (non-hydrogen) atoms. The second-order valence-corrected chi connectivity index (χ2v) is 4.41. The number of rotatable bonds is 2. The molecule has 2 heterocycles. The van der Waals surface area contributed by atoms with Gasteiger partial charge in [-0.1, -0.05) is 12.1 Å². The number of benzene rings is 1. The third kappa shape index (κ3) is 1.99. The van der Waals surface area contributed by atoms with Gasteiger partial charge in [-0.05, 0) is 30.7 Å². The summed E-state index contributed by atoms with van der Waals surface area (Å²) in [5.74, 6) is 1.41. The van der Waals surface area contributed by atoms with Gasteiger partial charge in [-0.2, -0.15) is 0 Å². The molecule has 0 aliphatic carbocycles. The van der Waals surface area contributed by atoms with E-state index in [1.54, 1.807) is 11.6 Å². The minimum Gasteiger partial charge on any atom is -0.497 e. The molecule has 0 amide bonds. The van der Waals surface area contributed by atoms with Crippen molar-refractivity contribution < 1.29 is 4.74 Å². The molecule has 2 aromatic heterocycles. The van der Waals surface area contributed by atoms with Gasteiger partial charge in [0.05, 0.1) is 12.8 Å². The summed E-state index contributed by atoms with van der Waals surface area (Å²) in [5.41, 5.74) is 9.20. The smallest absolute Gasteiger partial charge is 0.182 e. The van der Waals surface area contributed by atoms with E-state index in [4.69, 9.17) is 10.5 Å². The molecule has 3 rings (SSSR count). The van der Waals surface area contributed by atoms with Crippen LogP contribution in [0.15, 0.2) is 36.5 Å². The molecule has 2 N–H and O–H groups in total. The number of nitrogen functional groups attached to an aromatic ring is 1. The third-order valence-electron chi connectivity index (χ3n) is 2.93. The molecule has 5 nitrogen and oxygen atoms in total. The average Bonchev–Trinajstić information content (AvgIpc) is 2.83. The van der Waals surface area contributed by atoms with Crippen LogP contribution in [0.3, 0.4) is 0 Å². The second-order valence-electron chi connectivity index (χ2n) is 4.41. The number of nitrogens with zero attached hydrogens (tertiary/aromatic N) is 3. The first kappa shape index (κ1) is 11.5. The Labute approximate surface area is 110 Å². The molecule has 0 aliphatic rings. The van der Waals surface area contributed by atoms with Crippen LogP contribution in [0, 0.1) is 6.92 Å². The van der Waals surface area contributed by atoms with Crippen molar-refractivity contribution in [1.29, 1.82) is 0 Å². The van der Waals surface area contributed by atoms with E-state index in [1.165, 1.54) is 0 Å². The number of hydrogen-bond donors (Lipinski definition) is 1. The monoisotopic (exact) mass is 254 g/mol. The molecule has 0 radical (unpaired) electrons. The van der Waals surface area contributed by atoms with Gasteiger partial charge in [-0.25, -0.2) is 9.50 Å². The maximum Gasteiger partial charge on any atom is 0.182 e. The number of pyridine rings is 1. The fraction of sp³-hybridized carbons (Fsp3) is 0.143. The van der Waals surface area contributed by atoms with Crippen molar-refractivity contribution in [2.24, 2.45) is 0 Å². The number of aryl methyl sites for hydroxylation is 1. The van der Waals surface area contributed by atoms with Crippen LogP contribution in [0.1, 0.15) is 5.56 Å². The molecular formula is C14H14N4O. The second kappa shape index (κ2) is 4.28. The summed E-state index contributed by atoms with van der Waals surface area (Å²) in [6, 6.07) is 9.53. The van der Waals surface area contributed by atoms with Gasteiger partial charge >= 0.3 is 0 Å². The molecule has 5 heteroatoms. The van der Waals surface area contributed by atoms with Gasteiger partial charge in [0.15, 0.2) is 11.5 Å². The lowest BCUT2D eigenvalue weighted by Gasteiger charge is -2.00. The highest BCUT2D eigenvalue weighted by molar-refractivity contribution is 5.69. The van der Waals surface area contributed by atoms with Crippen molar-refractivity contribution in [2.75, 3.05) is 12.8 Å². The summed E-state index contributed by atoms with van der Waals surface area (Å²) in [7, 11) is 1.64. The summed E-state index contributed by atoms with van der Waals surface area (Å²) >= 11 is 0. The summed E-state index contributed by atoms with van der Waals surface area (Å²) in [6.07, 6.45) is 1.91. The maximum atomic E-state index is 5.96. The SMILES string of the molecule is COc1cccc(-c2nc3c(N)cc(C)cn3n2)c1. The minimum absolute atomic E-state index is 0.627. The van der Waals surface area contributed by atoms with E-state index in [0.717, 1.165) is 16.9 Å². The van der Waals surface area contributed by atoms with Crippen LogP contribution in [-0.4, -0.2) is 21.7 Å². The van der Waals surface area contributed by atoms with Crippen molar-refractivity contribution in [3.63, 3.8) is 0 Å². The Balaban J connectivity index is 2.17. The van der Waals surface area contributed by atoms with Crippen molar-refractivity contribution in [3.05, 3.63) is 42.1 Å². The van der Waals surface area contributed by atoms with Gasteiger partial charge in [-0.15, -0.1) is 5.10 Å². The van der Waals surface area contributed by atoms with Gasteiger partial charge in [0, 0.05) is 11.8 Å². The molecule has 0 unspecified atom stereocenters. The number of hydrogen-bond acceptors (Lipinski definition) is 4. The van der Waals surface area contributed by atoms with E-state index in [2.05, 4.69) is 10.1 Å². The highest BCUT2D eigenvalue weighted by Gasteiger charge is 2.09. The highest BCUT2D eigenvalue weighted by Crippen LogP contribution is 2.23. The number of anilines is 1. The molecule has 1 aromatic carbocycles. The van der Waals surface area contributed by atoms with Crippen LogP contribution in [0.4, 0.5) is 5.69 Å². The molecule has 0 saturated heterocycles. The number of aromatic nitrogens is 3. The average molecular weight is 254 g/mol. The van der Waals surface area contributed by atoms with Crippen molar-refractivity contribution in [3.8, 4) is 17.1 Å². The zero-order chi connectivity index (χ0) is 13.4. The van der Waals surface area contributed by atoms with Crippen LogP contribution in [0.25, 0.3) is 17.0 Å². The highest BCUT2D eigenvalue weighted by atomic mass is 16.5. The molecule has 0 fully saturated rings. The first-order valence-corrected chi connectivity index (χ1v) is 5.94. The lowest BCUT2D eigenvalue weighted by molar-refractivity contribution is 0.415. The number of methoxy groups -OCH3 is 1. The number of fused-ring (bicyclic) bond motifs is 1. The predicted octanol–water partition coefficient (Wildman–Crippen LogP) is 2.30. The van der Waals surface area contributed by atoms with Gasteiger partial charge in [0.25, 0.3) is 0 Å². The zero-order valence-corrected chi connectivity index (χ0v) is 10.8. The van der Waals surface area contributed by atoms with Gasteiger partial charge in [0.1, 0.15) is 5.75 Å². The van der Waals surface area contributed by atoms with Crippen LogP contribution in [0.2, 0.25) is 0 Å². The Morgan fingerprint density at radius 3 is 2.89 bits per heavy atom. The maximum absolute atomic E-state index is 5.96. The predicted molar refractivity (Wildman–Crippen MR) is 74.1 cm³/mol. The lowest BCUT2D eigenvalue weighted by Crippen LogP contribution is -1.94. The quantitative estimate of drug-likeness (QED) is 0.762. The lowest BCUT2D eigenvalue weighted by atomic mass is 10.2. The normalized spacial score (nSPS) is 10.8. The molecule has 0 saturated carbocycles. The topological polar surface area (TPSA) is 65.4 Å². The molecule has 0 bridgehead atoms. The number of ether oxygens (including phenoxy) is 1. The Morgan fingerprint density at radius 1 is 1.26 bits per heavy atom. The van der Waals surface area contributed by atoms with E-state index >= 15 is 0 Å². The molecular weight excluding hydrogens is 240 g/mol. The van der Waals surface area contributed by atoms with Crippen molar-refractivity contribution in [2.45, 2.75) is 6.92 Å². The Morgan fingerprint density at radius 2 is 2.11 bits per heavy atom. The minimum atomic E-state index is 0.627. The first-order chi connectivity index (χ1) is 9.17. The molecule has 0 atom stereocenters. The fourth-order valence-corrected chi connectivity index (χ4v) is 2.03. The van der Waals surface area contributed by atoms with Gasteiger partial charge in [-0.3, -0.25) is 0 Å². The van der Waals surface area contributed by atoms with Gasteiger partial charge in [0.2, 0.25) is 0 Å². The zero-order valence-electron chi connectivity index (χ0n) is 10.8. The van der Waals surface area contributed by atoms with Crippen molar-refractivity contribution in [1.82, 2.24) is 14.6 Å². The van der Waals surface area contributed by atoms with Crippen LogP contribution >= 0.6 is 0 Å². The standard InChI is InChI=1S/C14H14N4O/c1-9-6-12(15)14-16-13(17-18(14)8-9)10-4-3-5-11(7-10)19-2/h3-8H,15H2,1-2H3. The third-order valence-corrected chi connectivity index (χ3v) is 2.93. The van der Waals surface area contributed by atoms with E-state index in [1.807, 2.05) is 43.5 Å². The fourth-order valence-electron chi connectivity index (χ4n) is 2.03. The van der Waals surface area contributed by atoms with E-state index in [0.29, 0.717) is 17.2 Å². The molecule has 96 valence electrons. The summed E-state index contributed by atoms with van der Waals surface area (Å²) < 4.78 is 6.91. The van der Waals surface area contributed by atoms with Crippen LogP contribution in [-0.2, 0) is 0 Å². The van der Waals surface area contributed by atoms with Crippen LogP contribution in [0.5, 0.6) is 5.75 Å². The van der Waals surface area contributed by atoms with Gasteiger partial charge < -0.3 is 10.5 Å². The summed E-state index contributed by atoms with van der Waals surface area (Å²) in [6.45, 7) is 1.97. The molecule has 3 aromatic rings.